The van der Waals surface area contributed by atoms with E-state index in [1.807, 2.05) is 19.9 Å². The summed E-state index contributed by atoms with van der Waals surface area (Å²) in [5.41, 5.74) is 8.14. The van der Waals surface area contributed by atoms with Crippen LogP contribution < -0.4 is 10.5 Å². The van der Waals surface area contributed by atoms with Crippen LogP contribution in [0.15, 0.2) is 12.1 Å². The molecule has 1 aromatic carbocycles. The maximum absolute atomic E-state index is 10.8. The van der Waals surface area contributed by atoms with Crippen molar-refractivity contribution >= 4 is 6.29 Å². The molecule has 82 valence electrons. The normalized spacial score (nSPS) is 10.1. The highest BCUT2D eigenvalue weighted by Crippen LogP contribution is 2.25. The van der Waals surface area contributed by atoms with E-state index in [2.05, 4.69) is 0 Å². The van der Waals surface area contributed by atoms with Gasteiger partial charge in [0.2, 0.25) is 0 Å². The van der Waals surface area contributed by atoms with Gasteiger partial charge in [0.05, 0.1) is 12.2 Å². The zero-order valence-electron chi connectivity index (χ0n) is 9.25. The second-order valence-electron chi connectivity index (χ2n) is 3.53. The second-order valence-corrected chi connectivity index (χ2v) is 3.53. The fourth-order valence-corrected chi connectivity index (χ4v) is 1.35. The molecule has 0 spiro atoms. The molecule has 0 amide bonds. The van der Waals surface area contributed by atoms with Crippen LogP contribution in [0.5, 0.6) is 5.75 Å². The van der Waals surface area contributed by atoms with Gasteiger partial charge in [0, 0.05) is 0 Å². The van der Waals surface area contributed by atoms with Crippen LogP contribution in [-0.2, 0) is 0 Å². The average Bonchev–Trinajstić information content (AvgIpc) is 2.25. The highest BCUT2D eigenvalue weighted by molar-refractivity contribution is 5.80. The summed E-state index contributed by atoms with van der Waals surface area (Å²) in [6.07, 6.45) is 1.62. The highest BCUT2D eigenvalue weighted by atomic mass is 16.5. The maximum atomic E-state index is 10.8. The summed E-state index contributed by atoms with van der Waals surface area (Å²) < 4.78 is 5.57. The number of nitrogens with two attached hydrogens (primary N) is 1. The quantitative estimate of drug-likeness (QED) is 0.592. The van der Waals surface area contributed by atoms with Gasteiger partial charge in [-0.05, 0) is 44.0 Å². The topological polar surface area (TPSA) is 52.3 Å². The van der Waals surface area contributed by atoms with Gasteiger partial charge in [-0.25, -0.2) is 0 Å². The highest BCUT2D eigenvalue weighted by Gasteiger charge is 2.08. The summed E-state index contributed by atoms with van der Waals surface area (Å²) in [5.74, 6) is 0.693. The van der Waals surface area contributed by atoms with Crippen molar-refractivity contribution in [3.63, 3.8) is 0 Å². The molecule has 0 aliphatic rings. The van der Waals surface area contributed by atoms with E-state index < -0.39 is 0 Å². The van der Waals surface area contributed by atoms with Crippen molar-refractivity contribution in [2.75, 3.05) is 13.2 Å². The average molecular weight is 207 g/mol. The molecule has 1 rings (SSSR count). The van der Waals surface area contributed by atoms with Crippen LogP contribution in [0, 0.1) is 13.8 Å². The summed E-state index contributed by atoms with van der Waals surface area (Å²) in [6.45, 7) is 5.11. The summed E-state index contributed by atoms with van der Waals surface area (Å²) in [6, 6.07) is 3.71. The Bertz CT molecular complexity index is 348. The molecule has 15 heavy (non-hydrogen) atoms. The Hall–Kier alpha value is -1.35. The van der Waals surface area contributed by atoms with Gasteiger partial charge in [-0.1, -0.05) is 6.07 Å². The Morgan fingerprint density at radius 3 is 2.73 bits per heavy atom. The summed E-state index contributed by atoms with van der Waals surface area (Å²) >= 11 is 0. The second kappa shape index (κ2) is 5.51. The molecule has 0 bridgehead atoms. The lowest BCUT2D eigenvalue weighted by atomic mass is 10.1. The van der Waals surface area contributed by atoms with Crippen LogP contribution >= 0.6 is 0 Å². The van der Waals surface area contributed by atoms with Gasteiger partial charge in [0.1, 0.15) is 5.75 Å². The lowest BCUT2D eigenvalue weighted by Gasteiger charge is -2.12. The third kappa shape index (κ3) is 2.80. The van der Waals surface area contributed by atoms with Crippen LogP contribution in [-0.4, -0.2) is 19.4 Å². The van der Waals surface area contributed by atoms with Gasteiger partial charge in [-0.2, -0.15) is 0 Å². The monoisotopic (exact) mass is 207 g/mol. The first-order chi connectivity index (χ1) is 7.20. The van der Waals surface area contributed by atoms with E-state index in [4.69, 9.17) is 10.5 Å². The number of ether oxygens (including phenoxy) is 1. The minimum atomic E-state index is 0.557. The Morgan fingerprint density at radius 2 is 2.13 bits per heavy atom. The SMILES string of the molecule is Cc1ccc(C=O)c(OCCCN)c1C. The third-order valence-electron chi connectivity index (χ3n) is 2.43. The van der Waals surface area contributed by atoms with E-state index in [1.165, 1.54) is 0 Å². The zero-order chi connectivity index (χ0) is 11.3. The van der Waals surface area contributed by atoms with Crippen molar-refractivity contribution < 1.29 is 9.53 Å². The fraction of sp³-hybridized carbons (Fsp3) is 0.417. The molecule has 0 atom stereocenters. The molecule has 0 saturated carbocycles. The van der Waals surface area contributed by atoms with E-state index in [1.54, 1.807) is 6.07 Å². The number of rotatable bonds is 5. The van der Waals surface area contributed by atoms with Crippen molar-refractivity contribution in [1.82, 2.24) is 0 Å². The molecule has 0 unspecified atom stereocenters. The summed E-state index contributed by atoms with van der Waals surface area (Å²) in [7, 11) is 0. The Kier molecular flexibility index (Phi) is 4.31. The number of hydrogen-bond donors (Lipinski definition) is 1. The molecule has 0 heterocycles. The van der Waals surface area contributed by atoms with E-state index >= 15 is 0 Å². The molecule has 2 N–H and O–H groups in total. The lowest BCUT2D eigenvalue weighted by molar-refractivity contribution is 0.111. The van der Waals surface area contributed by atoms with Gasteiger partial charge in [0.15, 0.2) is 6.29 Å². The van der Waals surface area contributed by atoms with E-state index in [9.17, 15) is 4.79 Å². The van der Waals surface area contributed by atoms with E-state index in [0.717, 1.165) is 23.8 Å². The molecule has 0 aliphatic carbocycles. The minimum Gasteiger partial charge on any atom is -0.493 e. The molecular formula is C12H17NO2. The summed E-state index contributed by atoms with van der Waals surface area (Å²) in [4.78, 5) is 10.8. The Balaban J connectivity index is 2.91. The van der Waals surface area contributed by atoms with Crippen molar-refractivity contribution in [2.45, 2.75) is 20.3 Å². The molecule has 1 aromatic rings. The van der Waals surface area contributed by atoms with Gasteiger partial charge >= 0.3 is 0 Å². The molecule has 0 aliphatic heterocycles. The molecular weight excluding hydrogens is 190 g/mol. The number of carbonyl (C=O) groups is 1. The van der Waals surface area contributed by atoms with Crippen molar-refractivity contribution in [3.05, 3.63) is 28.8 Å². The predicted octanol–water partition coefficient (Wildman–Crippen LogP) is 1.84. The van der Waals surface area contributed by atoms with Crippen molar-refractivity contribution in [2.24, 2.45) is 5.73 Å². The molecule has 0 fully saturated rings. The first kappa shape index (κ1) is 11.7. The molecule has 0 aromatic heterocycles. The van der Waals surface area contributed by atoms with Crippen LogP contribution in [0.2, 0.25) is 0 Å². The number of aryl methyl sites for hydroxylation is 1. The molecule has 3 heteroatoms. The maximum Gasteiger partial charge on any atom is 0.153 e. The zero-order valence-corrected chi connectivity index (χ0v) is 9.25. The Morgan fingerprint density at radius 1 is 1.40 bits per heavy atom. The molecule has 0 radical (unpaired) electrons. The van der Waals surface area contributed by atoms with Gasteiger partial charge in [0.25, 0.3) is 0 Å². The number of aldehydes is 1. The first-order valence-corrected chi connectivity index (χ1v) is 5.09. The number of hydrogen-bond acceptors (Lipinski definition) is 3. The molecule has 0 saturated heterocycles. The van der Waals surface area contributed by atoms with Crippen molar-refractivity contribution in [3.8, 4) is 5.75 Å². The number of benzene rings is 1. The Labute approximate surface area is 90.2 Å². The van der Waals surface area contributed by atoms with Crippen LogP contribution in [0.4, 0.5) is 0 Å². The third-order valence-corrected chi connectivity index (χ3v) is 2.43. The largest absolute Gasteiger partial charge is 0.493 e. The van der Waals surface area contributed by atoms with Gasteiger partial charge in [-0.3, -0.25) is 4.79 Å². The van der Waals surface area contributed by atoms with Crippen LogP contribution in [0.3, 0.4) is 0 Å². The summed E-state index contributed by atoms with van der Waals surface area (Å²) in [5, 5.41) is 0. The van der Waals surface area contributed by atoms with Gasteiger partial charge < -0.3 is 10.5 Å². The van der Waals surface area contributed by atoms with Crippen LogP contribution in [0.25, 0.3) is 0 Å². The lowest BCUT2D eigenvalue weighted by Crippen LogP contribution is -2.08. The van der Waals surface area contributed by atoms with E-state index in [-0.39, 0.29) is 0 Å². The smallest absolute Gasteiger partial charge is 0.153 e. The fourth-order valence-electron chi connectivity index (χ4n) is 1.35. The van der Waals surface area contributed by atoms with Crippen molar-refractivity contribution in [1.29, 1.82) is 0 Å². The first-order valence-electron chi connectivity index (χ1n) is 5.09. The van der Waals surface area contributed by atoms with E-state index in [0.29, 0.717) is 24.5 Å². The standard InChI is InChI=1S/C12H17NO2/c1-9-4-5-11(8-14)12(10(9)2)15-7-3-6-13/h4-5,8H,3,6-7,13H2,1-2H3. The van der Waals surface area contributed by atoms with Crippen LogP contribution in [0.1, 0.15) is 27.9 Å². The molecule has 3 nitrogen and oxygen atoms in total. The van der Waals surface area contributed by atoms with Gasteiger partial charge in [-0.15, -0.1) is 0 Å². The predicted molar refractivity (Wildman–Crippen MR) is 60.5 cm³/mol. The minimum absolute atomic E-state index is 0.557. The number of carbonyl (C=O) groups excluding carboxylic acids is 1.